The highest BCUT2D eigenvalue weighted by atomic mass is 35.5. The van der Waals surface area contributed by atoms with Gasteiger partial charge in [0.15, 0.2) is 11.6 Å². The molecule has 0 saturated carbocycles. The summed E-state index contributed by atoms with van der Waals surface area (Å²) in [5.41, 5.74) is 5.70. The van der Waals surface area contributed by atoms with Crippen molar-refractivity contribution in [3.8, 4) is 5.75 Å². The third kappa shape index (κ3) is 2.60. The molecule has 1 rings (SSSR count). The number of nitrogen functional groups attached to an aromatic ring is 1. The summed E-state index contributed by atoms with van der Waals surface area (Å²) >= 11 is 5.64. The Kier molecular flexibility index (Phi) is 3.30. The molecule has 5 heteroatoms. The zero-order valence-electron chi connectivity index (χ0n) is 7.63. The first-order valence-electron chi connectivity index (χ1n) is 3.88. The molecule has 0 aliphatic heterocycles. The summed E-state index contributed by atoms with van der Waals surface area (Å²) in [4.78, 5) is 3.72. The second-order valence-corrected chi connectivity index (χ2v) is 3.25. The number of hydrogen-bond acceptors (Lipinski definition) is 3. The van der Waals surface area contributed by atoms with Crippen molar-refractivity contribution >= 4 is 17.4 Å². The monoisotopic (exact) mass is 216 g/mol. The van der Waals surface area contributed by atoms with Crippen molar-refractivity contribution in [3.63, 3.8) is 0 Å². The molecule has 14 heavy (non-hydrogen) atoms. The Morgan fingerprint density at radius 3 is 3.00 bits per heavy atom. The molecule has 1 atom stereocenters. The number of anilines is 1. The molecule has 1 heterocycles. The van der Waals surface area contributed by atoms with Gasteiger partial charge in [-0.15, -0.1) is 0 Å². The van der Waals surface area contributed by atoms with Gasteiger partial charge in [0.05, 0.1) is 5.02 Å². The van der Waals surface area contributed by atoms with Crippen molar-refractivity contribution in [1.82, 2.24) is 4.98 Å². The summed E-state index contributed by atoms with van der Waals surface area (Å²) in [6.07, 6.45) is -0.241. The second kappa shape index (κ2) is 4.28. The highest BCUT2D eigenvalue weighted by molar-refractivity contribution is 6.30. The maximum absolute atomic E-state index is 13.1. The first-order chi connectivity index (χ1) is 6.50. The number of nitrogens with two attached hydrogens (primary N) is 1. The Bertz CT molecular complexity index is 357. The van der Waals surface area contributed by atoms with Crippen LogP contribution in [0.5, 0.6) is 5.75 Å². The Hall–Kier alpha value is -1.29. The average Bonchev–Trinajstić information content (AvgIpc) is 2.11. The second-order valence-electron chi connectivity index (χ2n) is 2.82. The van der Waals surface area contributed by atoms with Crippen molar-refractivity contribution in [1.29, 1.82) is 0 Å². The fraction of sp³-hybridized carbons (Fsp3) is 0.222. The molecule has 76 valence electrons. The van der Waals surface area contributed by atoms with Gasteiger partial charge in [-0.05, 0) is 12.5 Å². The van der Waals surface area contributed by atoms with E-state index in [0.717, 1.165) is 0 Å². The van der Waals surface area contributed by atoms with E-state index < -0.39 is 6.36 Å². The highest BCUT2D eigenvalue weighted by Crippen LogP contribution is 2.25. The lowest BCUT2D eigenvalue weighted by atomic mass is 10.3. The standard InChI is InChI=1S/C9H10ClFN2O/c1-5(2)8(11)14-7-3-6(10)4-13-9(7)12/h3-4,8H,1H2,2H3,(H2,12,13). The number of alkyl halides is 1. The molecule has 0 amide bonds. The normalized spacial score (nSPS) is 12.2. The zero-order valence-corrected chi connectivity index (χ0v) is 8.38. The third-order valence-corrected chi connectivity index (χ3v) is 1.67. The molecular formula is C9H10ClFN2O. The summed E-state index contributed by atoms with van der Waals surface area (Å²) in [5.74, 6) is 0.214. The van der Waals surface area contributed by atoms with Crippen LogP contribution in [0.25, 0.3) is 0 Å². The highest BCUT2D eigenvalue weighted by Gasteiger charge is 2.11. The van der Waals surface area contributed by atoms with Gasteiger partial charge in [-0.1, -0.05) is 18.2 Å². The van der Waals surface area contributed by atoms with Crippen LogP contribution in [-0.4, -0.2) is 11.3 Å². The number of pyridine rings is 1. The molecule has 0 spiro atoms. The topological polar surface area (TPSA) is 48.1 Å². The van der Waals surface area contributed by atoms with Crippen LogP contribution in [0, 0.1) is 0 Å². The van der Waals surface area contributed by atoms with Crippen molar-refractivity contribution < 1.29 is 9.13 Å². The van der Waals surface area contributed by atoms with Crippen molar-refractivity contribution in [2.75, 3.05) is 5.73 Å². The fourth-order valence-corrected chi connectivity index (χ4v) is 0.886. The molecule has 1 aromatic rings. The van der Waals surface area contributed by atoms with Gasteiger partial charge in [-0.25, -0.2) is 4.98 Å². The van der Waals surface area contributed by atoms with E-state index in [0.29, 0.717) is 5.02 Å². The molecule has 0 aromatic carbocycles. The average molecular weight is 217 g/mol. The van der Waals surface area contributed by atoms with E-state index in [2.05, 4.69) is 11.6 Å². The van der Waals surface area contributed by atoms with Gasteiger partial charge in [0.2, 0.25) is 0 Å². The SMILES string of the molecule is C=C(C)C(F)Oc1cc(Cl)cnc1N. The van der Waals surface area contributed by atoms with E-state index in [1.165, 1.54) is 19.2 Å². The Labute approximate surface area is 86.3 Å². The van der Waals surface area contributed by atoms with Crippen LogP contribution in [0.2, 0.25) is 5.02 Å². The van der Waals surface area contributed by atoms with Crippen LogP contribution in [-0.2, 0) is 0 Å². The number of halogens is 2. The first-order valence-corrected chi connectivity index (χ1v) is 4.25. The van der Waals surface area contributed by atoms with E-state index in [9.17, 15) is 4.39 Å². The molecule has 0 aliphatic rings. The fourth-order valence-electron chi connectivity index (χ4n) is 0.738. The molecule has 0 radical (unpaired) electrons. The molecule has 1 aromatic heterocycles. The van der Waals surface area contributed by atoms with Crippen LogP contribution in [0.1, 0.15) is 6.92 Å². The van der Waals surface area contributed by atoms with Gasteiger partial charge in [-0.2, -0.15) is 4.39 Å². The summed E-state index contributed by atoms with van der Waals surface area (Å²) in [5, 5.41) is 0.336. The van der Waals surface area contributed by atoms with Crippen LogP contribution >= 0.6 is 11.6 Å². The molecule has 0 saturated heterocycles. The minimum atomic E-state index is -1.60. The predicted octanol–water partition coefficient (Wildman–Crippen LogP) is 2.57. The number of aromatic nitrogens is 1. The van der Waals surface area contributed by atoms with Gasteiger partial charge in [0.1, 0.15) is 0 Å². The molecular weight excluding hydrogens is 207 g/mol. The maximum Gasteiger partial charge on any atom is 0.260 e. The summed E-state index contributed by atoms with van der Waals surface area (Å²) in [6, 6.07) is 1.40. The Morgan fingerprint density at radius 1 is 1.79 bits per heavy atom. The van der Waals surface area contributed by atoms with Crippen LogP contribution in [0.4, 0.5) is 10.2 Å². The van der Waals surface area contributed by atoms with Gasteiger partial charge >= 0.3 is 0 Å². The van der Waals surface area contributed by atoms with Crippen molar-refractivity contribution in [3.05, 3.63) is 29.4 Å². The van der Waals surface area contributed by atoms with Crippen LogP contribution < -0.4 is 10.5 Å². The maximum atomic E-state index is 13.1. The lowest BCUT2D eigenvalue weighted by molar-refractivity contribution is 0.103. The smallest absolute Gasteiger partial charge is 0.260 e. The third-order valence-electron chi connectivity index (χ3n) is 1.47. The summed E-state index contributed by atoms with van der Waals surface area (Å²) in [7, 11) is 0. The van der Waals surface area contributed by atoms with Gasteiger partial charge in [0.25, 0.3) is 6.36 Å². The lowest BCUT2D eigenvalue weighted by Crippen LogP contribution is -2.12. The molecule has 2 N–H and O–H groups in total. The van der Waals surface area contributed by atoms with Gasteiger partial charge in [-0.3, -0.25) is 0 Å². The van der Waals surface area contributed by atoms with Crippen molar-refractivity contribution in [2.45, 2.75) is 13.3 Å². The predicted molar refractivity (Wildman–Crippen MR) is 54.0 cm³/mol. The minimum Gasteiger partial charge on any atom is -0.453 e. The summed E-state index contributed by atoms with van der Waals surface area (Å²) in [6.45, 7) is 4.92. The molecule has 0 bridgehead atoms. The Balaban J connectivity index is 2.85. The molecule has 3 nitrogen and oxygen atoms in total. The van der Waals surface area contributed by atoms with E-state index >= 15 is 0 Å². The minimum absolute atomic E-state index is 0.0956. The summed E-state index contributed by atoms with van der Waals surface area (Å²) < 4.78 is 17.9. The first kappa shape index (κ1) is 10.8. The number of hydrogen-bond donors (Lipinski definition) is 1. The molecule has 0 fully saturated rings. The number of ether oxygens (including phenoxy) is 1. The zero-order chi connectivity index (χ0) is 10.7. The Morgan fingerprint density at radius 2 is 2.43 bits per heavy atom. The van der Waals surface area contributed by atoms with Crippen LogP contribution in [0.3, 0.4) is 0 Å². The van der Waals surface area contributed by atoms with E-state index in [4.69, 9.17) is 22.1 Å². The lowest BCUT2D eigenvalue weighted by Gasteiger charge is -2.12. The van der Waals surface area contributed by atoms with E-state index in [-0.39, 0.29) is 17.1 Å². The van der Waals surface area contributed by atoms with Crippen molar-refractivity contribution in [2.24, 2.45) is 0 Å². The van der Waals surface area contributed by atoms with E-state index in [1.807, 2.05) is 0 Å². The van der Waals surface area contributed by atoms with Crippen LogP contribution in [0.15, 0.2) is 24.4 Å². The number of rotatable bonds is 3. The molecule has 1 unspecified atom stereocenters. The quantitative estimate of drug-likeness (QED) is 0.790. The number of nitrogens with zero attached hydrogens (tertiary/aromatic N) is 1. The van der Waals surface area contributed by atoms with Gasteiger partial charge in [0, 0.05) is 12.3 Å². The van der Waals surface area contributed by atoms with E-state index in [1.54, 1.807) is 0 Å². The molecule has 0 aliphatic carbocycles. The largest absolute Gasteiger partial charge is 0.453 e. The van der Waals surface area contributed by atoms with Gasteiger partial charge < -0.3 is 10.5 Å².